The number of hydrogen-bond acceptors (Lipinski definition) is 1. The molecule has 2 aromatic carbocycles. The molecule has 1 aliphatic carbocycles. The molecule has 0 unspecified atom stereocenters. The first-order valence-corrected chi connectivity index (χ1v) is 10.2. The van der Waals surface area contributed by atoms with Crippen LogP contribution in [0, 0.1) is 19.3 Å². The van der Waals surface area contributed by atoms with Gasteiger partial charge in [-0.1, -0.05) is 59.6 Å². The van der Waals surface area contributed by atoms with Gasteiger partial charge in [-0.05, 0) is 61.1 Å². The molecule has 0 spiro atoms. The normalized spacial score (nSPS) is 15.7. The lowest BCUT2D eigenvalue weighted by Gasteiger charge is -2.30. The smallest absolute Gasteiger partial charge is 0.165 e. The van der Waals surface area contributed by atoms with Crippen LogP contribution in [-0.4, -0.2) is 10.4 Å². The molecule has 0 aliphatic heterocycles. The molecule has 1 aromatic heterocycles. The molecule has 0 saturated carbocycles. The molecule has 0 atom stereocenters. The number of nitrogens with zero attached hydrogens (tertiary/aromatic N) is 1. The van der Waals surface area contributed by atoms with Gasteiger partial charge in [0.1, 0.15) is 0 Å². The predicted octanol–water partition coefficient (Wildman–Crippen LogP) is 6.68. The van der Waals surface area contributed by atoms with Crippen LogP contribution in [0.1, 0.15) is 47.4 Å². The van der Waals surface area contributed by atoms with Crippen molar-refractivity contribution in [2.45, 2.75) is 40.5 Å². The van der Waals surface area contributed by atoms with E-state index in [1.54, 1.807) is 0 Å². The first kappa shape index (κ1) is 18.2. The second-order valence-electron chi connectivity index (χ2n) is 8.46. The molecule has 0 fully saturated rings. The third-order valence-electron chi connectivity index (χ3n) is 5.42. The molecule has 0 saturated heterocycles. The number of benzene rings is 2. The Labute approximate surface area is 169 Å². The van der Waals surface area contributed by atoms with Crippen LogP contribution in [0.4, 0.5) is 0 Å². The molecule has 0 radical (unpaired) electrons. The minimum Gasteiger partial charge on any atom is -0.313 e. The monoisotopic (exact) mass is 421 g/mol. The minimum atomic E-state index is -0.0181. The zero-order valence-corrected chi connectivity index (χ0v) is 17.9. The van der Waals surface area contributed by atoms with Crippen molar-refractivity contribution in [2.75, 3.05) is 0 Å². The number of rotatable bonds is 2. The van der Waals surface area contributed by atoms with Crippen molar-refractivity contribution < 1.29 is 4.79 Å². The van der Waals surface area contributed by atoms with E-state index in [4.69, 9.17) is 0 Å². The lowest BCUT2D eigenvalue weighted by atomic mass is 9.76. The quantitative estimate of drug-likeness (QED) is 0.452. The summed E-state index contributed by atoms with van der Waals surface area (Å²) in [6.45, 7) is 8.64. The first-order valence-electron chi connectivity index (χ1n) is 9.36. The van der Waals surface area contributed by atoms with E-state index in [1.165, 1.54) is 11.1 Å². The predicted molar refractivity (Wildman–Crippen MR) is 115 cm³/mol. The van der Waals surface area contributed by atoms with Gasteiger partial charge in [0, 0.05) is 27.8 Å². The van der Waals surface area contributed by atoms with Gasteiger partial charge in [0.15, 0.2) is 5.78 Å². The van der Waals surface area contributed by atoms with Crippen molar-refractivity contribution in [1.82, 2.24) is 4.57 Å². The summed E-state index contributed by atoms with van der Waals surface area (Å²) in [6.07, 6.45) is 1.51. The van der Waals surface area contributed by atoms with Gasteiger partial charge >= 0.3 is 0 Å². The summed E-state index contributed by atoms with van der Waals surface area (Å²) in [6, 6.07) is 17.0. The highest BCUT2D eigenvalue weighted by atomic mass is 79.9. The number of Topliss-reactive ketones (excluding diaryl/α,β-unsaturated/α-hetero) is 1. The summed E-state index contributed by atoms with van der Waals surface area (Å²) in [4.78, 5) is 12.9. The maximum absolute atomic E-state index is 12.9. The van der Waals surface area contributed by atoms with Crippen molar-refractivity contribution in [3.05, 3.63) is 75.4 Å². The Morgan fingerprint density at radius 3 is 2.33 bits per heavy atom. The second kappa shape index (κ2) is 6.49. The summed E-state index contributed by atoms with van der Waals surface area (Å²) >= 11 is 3.52. The van der Waals surface area contributed by atoms with E-state index in [-0.39, 0.29) is 11.2 Å². The van der Waals surface area contributed by atoms with Crippen LogP contribution in [0.5, 0.6) is 0 Å². The number of carbonyl (C=O) groups is 1. The van der Waals surface area contributed by atoms with Crippen LogP contribution >= 0.6 is 15.9 Å². The van der Waals surface area contributed by atoms with Gasteiger partial charge in [0.25, 0.3) is 0 Å². The van der Waals surface area contributed by atoms with E-state index in [1.807, 2.05) is 0 Å². The summed E-state index contributed by atoms with van der Waals surface area (Å²) < 4.78 is 3.37. The molecule has 0 bridgehead atoms. The van der Waals surface area contributed by atoms with Crippen LogP contribution in [0.2, 0.25) is 0 Å². The fraction of sp³-hybridized carbons (Fsp3) is 0.292. The number of fused-ring (bicyclic) bond motifs is 1. The van der Waals surface area contributed by atoms with Crippen LogP contribution in [0.3, 0.4) is 0 Å². The van der Waals surface area contributed by atoms with E-state index in [0.29, 0.717) is 6.42 Å². The van der Waals surface area contributed by atoms with Crippen molar-refractivity contribution >= 4 is 21.7 Å². The summed E-state index contributed by atoms with van der Waals surface area (Å²) in [5.74, 6) is 0.253. The van der Waals surface area contributed by atoms with Crippen molar-refractivity contribution in [3.8, 4) is 16.9 Å². The Hall–Kier alpha value is -2.13. The molecular formula is C24H24BrNO. The molecule has 0 amide bonds. The van der Waals surface area contributed by atoms with Gasteiger partial charge in [0.05, 0.1) is 5.69 Å². The average molecular weight is 422 g/mol. The maximum Gasteiger partial charge on any atom is 0.165 e. The van der Waals surface area contributed by atoms with Gasteiger partial charge in [0.2, 0.25) is 0 Å². The zero-order chi connectivity index (χ0) is 19.3. The summed E-state index contributed by atoms with van der Waals surface area (Å²) in [5, 5.41) is 0. The summed E-state index contributed by atoms with van der Waals surface area (Å²) in [7, 11) is 0. The Morgan fingerprint density at radius 2 is 1.67 bits per heavy atom. The molecule has 27 heavy (non-hydrogen) atoms. The highest BCUT2D eigenvalue weighted by molar-refractivity contribution is 9.10. The van der Waals surface area contributed by atoms with E-state index in [2.05, 4.69) is 96.7 Å². The Kier molecular flexibility index (Phi) is 4.38. The van der Waals surface area contributed by atoms with Crippen molar-refractivity contribution in [3.63, 3.8) is 0 Å². The van der Waals surface area contributed by atoms with Crippen LogP contribution in [-0.2, 0) is 6.42 Å². The van der Waals surface area contributed by atoms with E-state index >= 15 is 0 Å². The Morgan fingerprint density at radius 1 is 0.963 bits per heavy atom. The number of ketones is 1. The van der Waals surface area contributed by atoms with Gasteiger partial charge in [-0.3, -0.25) is 4.79 Å². The largest absolute Gasteiger partial charge is 0.313 e. The molecular weight excluding hydrogens is 398 g/mol. The van der Waals surface area contributed by atoms with Crippen molar-refractivity contribution in [2.24, 2.45) is 5.41 Å². The average Bonchev–Trinajstić information content (AvgIpc) is 2.94. The van der Waals surface area contributed by atoms with E-state index in [0.717, 1.165) is 39.1 Å². The van der Waals surface area contributed by atoms with E-state index < -0.39 is 0 Å². The van der Waals surface area contributed by atoms with Gasteiger partial charge in [-0.25, -0.2) is 0 Å². The summed E-state index contributed by atoms with van der Waals surface area (Å²) in [5.41, 5.74) is 7.85. The highest BCUT2D eigenvalue weighted by Crippen LogP contribution is 2.40. The Bertz CT molecular complexity index is 1040. The number of aryl methyl sites for hydroxylation is 2. The Balaban J connectivity index is 2.02. The van der Waals surface area contributed by atoms with Crippen LogP contribution < -0.4 is 0 Å². The second-order valence-corrected chi connectivity index (χ2v) is 9.38. The number of carbonyl (C=O) groups excluding carboxylic acids is 1. The number of hydrogen-bond donors (Lipinski definition) is 0. The number of aromatic nitrogens is 1. The van der Waals surface area contributed by atoms with Crippen LogP contribution in [0.15, 0.2) is 53.0 Å². The first-order chi connectivity index (χ1) is 12.7. The molecule has 1 heterocycles. The molecule has 3 heteroatoms. The van der Waals surface area contributed by atoms with Gasteiger partial charge in [-0.2, -0.15) is 0 Å². The molecule has 3 aromatic rings. The molecule has 2 nitrogen and oxygen atoms in total. The fourth-order valence-corrected chi connectivity index (χ4v) is 4.44. The molecule has 4 rings (SSSR count). The molecule has 0 N–H and O–H groups in total. The third kappa shape index (κ3) is 3.29. The minimum absolute atomic E-state index is 0.0181. The lowest BCUT2D eigenvalue weighted by molar-refractivity contribution is 0.0911. The van der Waals surface area contributed by atoms with Crippen molar-refractivity contribution in [1.29, 1.82) is 0 Å². The maximum atomic E-state index is 12.9. The lowest BCUT2D eigenvalue weighted by Crippen LogP contribution is -2.27. The van der Waals surface area contributed by atoms with Gasteiger partial charge < -0.3 is 4.57 Å². The third-order valence-corrected chi connectivity index (χ3v) is 5.95. The molecule has 1 aliphatic rings. The highest BCUT2D eigenvalue weighted by Gasteiger charge is 2.35. The SMILES string of the molecule is Cc1ccc(-n2c(-c3ccc(Br)cc3)cc3c2CC(C)(C)CC3=O)c(C)c1. The standard InChI is InChI=1S/C24H24BrNO/c1-15-5-10-20(16(2)11-15)26-21(17-6-8-18(25)9-7-17)12-19-22(26)13-24(3,4)14-23(19)27/h5-12H,13-14H2,1-4H3. The topological polar surface area (TPSA) is 22.0 Å². The van der Waals surface area contributed by atoms with Gasteiger partial charge in [-0.15, -0.1) is 0 Å². The fourth-order valence-electron chi connectivity index (χ4n) is 4.18. The number of halogens is 1. The zero-order valence-electron chi connectivity index (χ0n) is 16.3. The molecule has 138 valence electrons. The van der Waals surface area contributed by atoms with E-state index in [9.17, 15) is 4.79 Å². The van der Waals surface area contributed by atoms with Crippen LogP contribution in [0.25, 0.3) is 16.9 Å².